The Labute approximate surface area is 117 Å². The average molecular weight is 344 g/mol. The van der Waals surface area contributed by atoms with E-state index in [1.165, 1.54) is 0 Å². The molecule has 1 aromatic carbocycles. The van der Waals surface area contributed by atoms with Crippen molar-refractivity contribution in [2.45, 2.75) is 0 Å². The Kier molecular flexibility index (Phi) is 7.75. The van der Waals surface area contributed by atoms with Crippen molar-refractivity contribution in [2.24, 2.45) is 0 Å². The van der Waals surface area contributed by atoms with Crippen LogP contribution in [0, 0.1) is 0 Å². The van der Waals surface area contributed by atoms with Crippen LogP contribution in [0.3, 0.4) is 0 Å². The van der Waals surface area contributed by atoms with Crippen molar-refractivity contribution in [3.05, 3.63) is 27.2 Å². The predicted octanol–water partition coefficient (Wildman–Crippen LogP) is 2.79. The summed E-state index contributed by atoms with van der Waals surface area (Å²) in [6.07, 6.45) is 0. The third kappa shape index (κ3) is 8.90. The topological polar surface area (TPSA) is 102 Å². The fourth-order valence-corrected chi connectivity index (χ4v) is 1.39. The minimum Gasteiger partial charge on any atom is -0.308 e. The summed E-state index contributed by atoms with van der Waals surface area (Å²) < 4.78 is 8.88. The van der Waals surface area contributed by atoms with Gasteiger partial charge in [-0.2, -0.15) is 0 Å². The van der Waals surface area contributed by atoms with Crippen LogP contribution in [0.25, 0.3) is 0 Å². The summed E-state index contributed by atoms with van der Waals surface area (Å²) >= 11 is 22.4. The molecule has 0 unspecified atom stereocenters. The molecule has 0 saturated heterocycles. The number of nitrogens with one attached hydrogen (secondary N) is 2. The first-order valence-electron chi connectivity index (χ1n) is 3.69. The maximum atomic E-state index is 8.88. The molecule has 0 radical (unpaired) electrons. The van der Waals surface area contributed by atoms with Gasteiger partial charge in [0.2, 0.25) is 0 Å². The standard InChI is InChI=1S/C6H4Cl4N2.H3O4P/c7-4-1-3(11-12-10)2-5(8)6(4)9;1-5(2,3)4/h1-2,11-12H;(H3,1,2,3,4). The summed E-state index contributed by atoms with van der Waals surface area (Å²) in [6, 6.07) is 3.20. The van der Waals surface area contributed by atoms with Gasteiger partial charge in [0.15, 0.2) is 0 Å². The molecule has 1 aromatic rings. The maximum Gasteiger partial charge on any atom is 0.466 e. The zero-order chi connectivity index (χ0) is 13.6. The quantitative estimate of drug-likeness (QED) is 0.245. The lowest BCUT2D eigenvalue weighted by Crippen LogP contribution is -2.08. The van der Waals surface area contributed by atoms with Crippen molar-refractivity contribution in [3.8, 4) is 0 Å². The zero-order valence-electron chi connectivity index (χ0n) is 7.86. The van der Waals surface area contributed by atoms with Crippen molar-refractivity contribution in [1.82, 2.24) is 4.94 Å². The average Bonchev–Trinajstić information content (AvgIpc) is 2.12. The Morgan fingerprint density at radius 2 is 1.41 bits per heavy atom. The van der Waals surface area contributed by atoms with Crippen LogP contribution in [0.15, 0.2) is 12.1 Å². The molecule has 0 amide bonds. The highest BCUT2D eigenvalue weighted by Crippen LogP contribution is 2.32. The lowest BCUT2D eigenvalue weighted by atomic mass is 10.3. The lowest BCUT2D eigenvalue weighted by Gasteiger charge is -2.05. The Balaban J connectivity index is 0.000000437. The van der Waals surface area contributed by atoms with E-state index in [0.29, 0.717) is 20.8 Å². The molecule has 98 valence electrons. The van der Waals surface area contributed by atoms with Crippen molar-refractivity contribution < 1.29 is 19.2 Å². The number of benzene rings is 1. The Morgan fingerprint density at radius 3 is 1.71 bits per heavy atom. The van der Waals surface area contributed by atoms with Crippen LogP contribution in [0.1, 0.15) is 0 Å². The number of hydrazine groups is 1. The van der Waals surface area contributed by atoms with Gasteiger partial charge in [0.25, 0.3) is 0 Å². The highest BCUT2D eigenvalue weighted by atomic mass is 35.5. The summed E-state index contributed by atoms with van der Waals surface area (Å²) in [6.45, 7) is 0. The van der Waals surface area contributed by atoms with Crippen molar-refractivity contribution in [3.63, 3.8) is 0 Å². The molecule has 11 heteroatoms. The molecule has 6 nitrogen and oxygen atoms in total. The van der Waals surface area contributed by atoms with E-state index in [1.807, 2.05) is 0 Å². The molecule has 0 saturated carbocycles. The van der Waals surface area contributed by atoms with E-state index in [2.05, 4.69) is 10.4 Å². The lowest BCUT2D eigenvalue weighted by molar-refractivity contribution is 0.275. The molecule has 0 spiro atoms. The second-order valence-corrected chi connectivity index (χ2v) is 4.89. The molecule has 0 aromatic heterocycles. The van der Waals surface area contributed by atoms with Gasteiger partial charge in [-0.25, -0.2) is 4.57 Å². The number of rotatable bonds is 2. The van der Waals surface area contributed by atoms with E-state index in [-0.39, 0.29) is 0 Å². The van der Waals surface area contributed by atoms with Crippen LogP contribution >= 0.6 is 54.4 Å². The number of hydrogen-bond donors (Lipinski definition) is 5. The van der Waals surface area contributed by atoms with Crippen LogP contribution < -0.4 is 10.4 Å². The summed E-state index contributed by atoms with van der Waals surface area (Å²) in [5, 5.41) is 1.08. The van der Waals surface area contributed by atoms with Crippen LogP contribution in [-0.2, 0) is 4.57 Å². The summed E-state index contributed by atoms with van der Waals surface area (Å²) in [7, 11) is -4.64. The molecule has 0 heterocycles. The number of phosphoric acid groups is 1. The summed E-state index contributed by atoms with van der Waals surface area (Å²) in [4.78, 5) is 23.8. The molecule has 1 rings (SSSR count). The van der Waals surface area contributed by atoms with Crippen LogP contribution in [0.5, 0.6) is 0 Å². The molecule has 0 aliphatic rings. The van der Waals surface area contributed by atoms with E-state index in [1.54, 1.807) is 12.1 Å². The zero-order valence-corrected chi connectivity index (χ0v) is 11.8. The largest absolute Gasteiger partial charge is 0.466 e. The molecule has 0 bridgehead atoms. The molecule has 0 fully saturated rings. The second-order valence-electron chi connectivity index (χ2n) is 2.49. The van der Waals surface area contributed by atoms with Gasteiger partial charge in [-0.3, -0.25) is 0 Å². The minimum absolute atomic E-state index is 0.332. The SMILES string of the molecule is ClNNc1cc(Cl)c(Cl)c(Cl)c1.O=P(O)(O)O. The first kappa shape index (κ1) is 17.2. The first-order valence-corrected chi connectivity index (χ1v) is 6.77. The van der Waals surface area contributed by atoms with Crippen LogP contribution in [-0.4, -0.2) is 14.7 Å². The number of hydrogen-bond acceptors (Lipinski definition) is 3. The molecule has 5 N–H and O–H groups in total. The van der Waals surface area contributed by atoms with Gasteiger partial charge in [-0.05, 0) is 23.9 Å². The van der Waals surface area contributed by atoms with Gasteiger partial charge in [0.1, 0.15) is 0 Å². The highest BCUT2D eigenvalue weighted by Gasteiger charge is 2.04. The van der Waals surface area contributed by atoms with Gasteiger partial charge in [-0.15, -0.1) is 4.94 Å². The molecule has 0 aliphatic carbocycles. The van der Waals surface area contributed by atoms with Gasteiger partial charge in [-0.1, -0.05) is 34.8 Å². The van der Waals surface area contributed by atoms with Gasteiger partial charge < -0.3 is 20.1 Å². The monoisotopic (exact) mass is 342 g/mol. The van der Waals surface area contributed by atoms with Crippen LogP contribution in [0.2, 0.25) is 15.1 Å². The third-order valence-corrected chi connectivity index (χ3v) is 2.47. The fourth-order valence-electron chi connectivity index (χ4n) is 0.682. The summed E-state index contributed by atoms with van der Waals surface area (Å²) in [5.41, 5.74) is 3.25. The molecule has 17 heavy (non-hydrogen) atoms. The number of halogens is 4. The van der Waals surface area contributed by atoms with Gasteiger partial charge >= 0.3 is 7.82 Å². The van der Waals surface area contributed by atoms with Crippen molar-refractivity contribution >= 4 is 60.1 Å². The fraction of sp³-hybridized carbons (Fsp3) is 0. The van der Waals surface area contributed by atoms with E-state index < -0.39 is 7.82 Å². The maximum absolute atomic E-state index is 8.88. The van der Waals surface area contributed by atoms with Gasteiger partial charge in [0, 0.05) is 0 Å². The van der Waals surface area contributed by atoms with Crippen molar-refractivity contribution in [2.75, 3.05) is 5.43 Å². The Hall–Kier alpha value is 0.250. The minimum atomic E-state index is -4.64. The molecule has 0 atom stereocenters. The highest BCUT2D eigenvalue weighted by molar-refractivity contribution is 7.45. The van der Waals surface area contributed by atoms with Gasteiger partial charge in [0.05, 0.1) is 20.8 Å². The van der Waals surface area contributed by atoms with E-state index in [9.17, 15) is 0 Å². The van der Waals surface area contributed by atoms with E-state index in [4.69, 9.17) is 65.8 Å². The molecular weight excluding hydrogens is 337 g/mol. The number of anilines is 1. The predicted molar refractivity (Wildman–Crippen MR) is 68.3 cm³/mol. The molecule has 0 aliphatic heterocycles. The van der Waals surface area contributed by atoms with Crippen molar-refractivity contribution in [1.29, 1.82) is 0 Å². The Morgan fingerprint density at radius 1 is 1.06 bits per heavy atom. The Bertz CT molecular complexity index is 395. The van der Waals surface area contributed by atoms with E-state index in [0.717, 1.165) is 0 Å². The van der Waals surface area contributed by atoms with E-state index >= 15 is 0 Å². The smallest absolute Gasteiger partial charge is 0.308 e. The summed E-state index contributed by atoms with van der Waals surface area (Å²) in [5.74, 6) is 0. The second kappa shape index (κ2) is 7.63. The first-order chi connectivity index (χ1) is 7.65. The van der Waals surface area contributed by atoms with Crippen LogP contribution in [0.4, 0.5) is 5.69 Å². The third-order valence-electron chi connectivity index (χ3n) is 1.18. The molecular formula is C6H7Cl4N2O4P. The normalized spacial score (nSPS) is 10.5.